The average molecular weight is 724 g/mol. The Bertz CT molecular complexity index is 2310. The number of carbonyl (C=O) groups is 2. The summed E-state index contributed by atoms with van der Waals surface area (Å²) in [5, 5.41) is 17.0. The zero-order valence-corrected chi connectivity index (χ0v) is 28.7. The van der Waals surface area contributed by atoms with Crippen molar-refractivity contribution in [3.63, 3.8) is 0 Å². The first-order valence-corrected chi connectivity index (χ1v) is 17.2. The minimum absolute atomic E-state index is 0. The average Bonchev–Trinajstić information content (AvgIpc) is 3.93. The number of aromatic nitrogens is 5. The van der Waals surface area contributed by atoms with Gasteiger partial charge >= 0.3 is 6.09 Å². The van der Waals surface area contributed by atoms with Gasteiger partial charge in [0.05, 0.1) is 42.3 Å². The van der Waals surface area contributed by atoms with Gasteiger partial charge in [0.1, 0.15) is 17.4 Å². The first kappa shape index (κ1) is 33.8. The summed E-state index contributed by atoms with van der Waals surface area (Å²) in [7, 11) is 0. The molecule has 10 nitrogen and oxygen atoms in total. The highest BCUT2D eigenvalue weighted by atomic mass is 35.5. The van der Waals surface area contributed by atoms with Crippen LogP contribution in [0.2, 0.25) is 0 Å². The first-order valence-electron chi connectivity index (χ1n) is 17.2. The molecule has 0 bridgehead atoms. The second-order valence-corrected chi connectivity index (χ2v) is 14.0. The summed E-state index contributed by atoms with van der Waals surface area (Å²) in [4.78, 5) is 40.9. The lowest BCUT2D eigenvalue weighted by atomic mass is 9.79. The highest BCUT2D eigenvalue weighted by Crippen LogP contribution is 2.40. The lowest BCUT2D eigenvalue weighted by Crippen LogP contribution is -2.44. The van der Waals surface area contributed by atoms with E-state index in [0.717, 1.165) is 67.9 Å². The van der Waals surface area contributed by atoms with Crippen LogP contribution in [0.25, 0.3) is 44.4 Å². The maximum Gasteiger partial charge on any atom is 0.404 e. The highest BCUT2D eigenvalue weighted by molar-refractivity contribution is 5.91. The Morgan fingerprint density at radius 3 is 2.27 bits per heavy atom. The van der Waals surface area contributed by atoms with E-state index in [1.54, 1.807) is 6.20 Å². The van der Waals surface area contributed by atoms with Gasteiger partial charge in [0.25, 0.3) is 5.92 Å². The number of Topliss-reactive ketones (excluding diaryl/α,β-unsaturated/α-hetero) is 1. The molecule has 5 heterocycles. The fraction of sp³-hybridized carbons (Fsp3) is 0.282. The van der Waals surface area contributed by atoms with E-state index in [2.05, 4.69) is 90.8 Å². The number of ketones is 1. The molecule has 3 aromatic carbocycles. The summed E-state index contributed by atoms with van der Waals surface area (Å²) in [5.41, 5.74) is 7.75. The number of fused-ring (bicyclic) bond motifs is 1. The number of benzene rings is 3. The van der Waals surface area contributed by atoms with Crippen LogP contribution in [0.5, 0.6) is 0 Å². The molecule has 1 fully saturated rings. The fourth-order valence-electron chi connectivity index (χ4n) is 8.19. The molecule has 1 unspecified atom stereocenters. The monoisotopic (exact) mass is 723 g/mol. The maximum atomic E-state index is 13.7. The third-order valence-corrected chi connectivity index (χ3v) is 10.7. The number of carboxylic acid groups (broad SMARTS) is 1. The van der Waals surface area contributed by atoms with Gasteiger partial charge in [-0.1, -0.05) is 48.5 Å². The number of amides is 1. The molecule has 266 valence electrons. The van der Waals surface area contributed by atoms with Crippen molar-refractivity contribution in [3.8, 4) is 33.6 Å². The van der Waals surface area contributed by atoms with Gasteiger partial charge in [0.15, 0.2) is 0 Å². The van der Waals surface area contributed by atoms with Gasteiger partial charge in [-0.25, -0.2) is 23.5 Å². The van der Waals surface area contributed by atoms with E-state index in [9.17, 15) is 23.5 Å². The molecule has 3 aromatic heterocycles. The first-order chi connectivity index (χ1) is 24.7. The Morgan fingerprint density at radius 1 is 0.885 bits per heavy atom. The minimum Gasteiger partial charge on any atom is -0.465 e. The van der Waals surface area contributed by atoms with E-state index < -0.39 is 30.0 Å². The van der Waals surface area contributed by atoms with Gasteiger partial charge in [0.2, 0.25) is 0 Å². The molecule has 0 saturated carbocycles. The van der Waals surface area contributed by atoms with Crippen LogP contribution >= 0.6 is 12.4 Å². The summed E-state index contributed by atoms with van der Waals surface area (Å²) in [5.74, 6) is -2.08. The van der Waals surface area contributed by atoms with Crippen molar-refractivity contribution in [2.75, 3.05) is 6.54 Å². The van der Waals surface area contributed by atoms with Crippen LogP contribution < -0.4 is 10.6 Å². The number of nitrogens with zero attached hydrogens (tertiary/aromatic N) is 3. The third kappa shape index (κ3) is 6.15. The summed E-state index contributed by atoms with van der Waals surface area (Å²) >= 11 is 0. The molecular formula is C39H36ClF2N7O3. The van der Waals surface area contributed by atoms with Crippen molar-refractivity contribution in [3.05, 3.63) is 108 Å². The smallest absolute Gasteiger partial charge is 0.404 e. The Labute approximate surface area is 303 Å². The molecule has 2 aliphatic heterocycles. The van der Waals surface area contributed by atoms with E-state index >= 15 is 0 Å². The molecule has 13 heteroatoms. The van der Waals surface area contributed by atoms with Crippen LogP contribution in [-0.2, 0) is 17.8 Å². The summed E-state index contributed by atoms with van der Waals surface area (Å²) < 4.78 is 29.5. The van der Waals surface area contributed by atoms with Gasteiger partial charge in [-0.2, -0.15) is 0 Å². The molecule has 9 rings (SSSR count). The van der Waals surface area contributed by atoms with Crippen LogP contribution in [0.3, 0.4) is 0 Å². The number of aryl methyl sites for hydroxylation is 1. The molecule has 1 aliphatic carbocycles. The van der Waals surface area contributed by atoms with Crippen LogP contribution in [0.15, 0.2) is 85.3 Å². The lowest BCUT2D eigenvalue weighted by Gasteiger charge is -2.31. The van der Waals surface area contributed by atoms with E-state index in [1.807, 2.05) is 18.5 Å². The quantitative estimate of drug-likeness (QED) is 0.120. The summed E-state index contributed by atoms with van der Waals surface area (Å²) in [6, 6.07) is 21.9. The molecule has 52 heavy (non-hydrogen) atoms. The molecule has 4 atom stereocenters. The maximum absolute atomic E-state index is 13.7. The van der Waals surface area contributed by atoms with Crippen LogP contribution in [0, 0.1) is 0 Å². The number of aromatic amines is 2. The van der Waals surface area contributed by atoms with Crippen LogP contribution in [0.1, 0.15) is 60.0 Å². The van der Waals surface area contributed by atoms with E-state index in [4.69, 9.17) is 4.98 Å². The molecule has 1 amide bonds. The van der Waals surface area contributed by atoms with Gasteiger partial charge in [-0.15, -0.1) is 12.4 Å². The van der Waals surface area contributed by atoms with Crippen molar-refractivity contribution >= 4 is 35.1 Å². The Hall–Kier alpha value is -5.33. The summed E-state index contributed by atoms with van der Waals surface area (Å²) in [6.45, 7) is 0.257. The number of carbonyl (C=O) groups excluding carboxylic acids is 1. The number of halogens is 3. The zero-order valence-electron chi connectivity index (χ0n) is 27.9. The minimum atomic E-state index is -2.72. The van der Waals surface area contributed by atoms with Gasteiger partial charge in [0, 0.05) is 48.8 Å². The number of hydrogen-bond donors (Lipinski definition) is 5. The van der Waals surface area contributed by atoms with Crippen LogP contribution in [0.4, 0.5) is 13.6 Å². The molecule has 6 aromatic rings. The molecule has 3 aliphatic rings. The number of H-pyrrole nitrogens is 2. The van der Waals surface area contributed by atoms with E-state index in [0.29, 0.717) is 18.8 Å². The highest BCUT2D eigenvalue weighted by Gasteiger charge is 2.42. The second kappa shape index (κ2) is 13.0. The van der Waals surface area contributed by atoms with E-state index in [1.165, 1.54) is 0 Å². The number of alkyl halides is 2. The SMILES string of the molecule is Cl.O=C(O)N[C@H]1CCc2ccn3c2C1C(=O)C[C@H](c1ncc(-c2ccc(-c4ccc5cc(-c6cnc([C@@H]7CC(F)(F)CN7)[nH]6)ccc5c4)cc2)[nH]1)C3. The van der Waals surface area contributed by atoms with Crippen molar-refractivity contribution in [2.45, 2.75) is 62.1 Å². The number of hydrogen-bond acceptors (Lipinski definition) is 5. The Morgan fingerprint density at radius 2 is 1.54 bits per heavy atom. The van der Waals surface area contributed by atoms with Crippen molar-refractivity contribution in [1.82, 2.24) is 35.1 Å². The van der Waals surface area contributed by atoms with E-state index in [-0.39, 0.29) is 43.5 Å². The molecule has 0 spiro atoms. The topological polar surface area (TPSA) is 141 Å². The second-order valence-electron chi connectivity index (χ2n) is 14.0. The number of imidazole rings is 2. The van der Waals surface area contributed by atoms with Crippen molar-refractivity contribution in [1.29, 1.82) is 0 Å². The standard InChI is InChI=1S/C39H35F2N7O3.ClH/c40-39(41)16-30(44-20-39)37-43-18-32(46-37)27-8-7-25-13-24(5-6-26(25)14-27)21-1-3-22(4-2-21)31-17-42-36(45-31)28-15-33(49)34-29(47-38(50)51)10-9-23-11-12-48(19-28)35(23)34;/h1-8,11-14,17-18,28-30,34,44,47H,9-10,15-16,19-20H2,(H,42,45)(H,43,46)(H,50,51);1H/t28-,29-,30-,34?;/m0./s1. The molecule has 1 saturated heterocycles. The predicted octanol–water partition coefficient (Wildman–Crippen LogP) is 7.60. The van der Waals surface area contributed by atoms with Crippen molar-refractivity contribution in [2.24, 2.45) is 0 Å². The van der Waals surface area contributed by atoms with Gasteiger partial charge in [-0.05, 0) is 64.1 Å². The van der Waals surface area contributed by atoms with Crippen LogP contribution in [-0.4, -0.2) is 60.0 Å². The zero-order chi connectivity index (χ0) is 34.9. The third-order valence-electron chi connectivity index (χ3n) is 10.7. The number of rotatable bonds is 6. The van der Waals surface area contributed by atoms with Gasteiger partial charge in [-0.3, -0.25) is 4.79 Å². The normalized spacial score (nSPS) is 22.1. The molecule has 0 radical (unpaired) electrons. The summed E-state index contributed by atoms with van der Waals surface area (Å²) in [6.07, 6.45) is 5.77. The van der Waals surface area contributed by atoms with Crippen molar-refractivity contribution < 1.29 is 23.5 Å². The van der Waals surface area contributed by atoms with Gasteiger partial charge < -0.3 is 30.3 Å². The largest absolute Gasteiger partial charge is 0.465 e. The predicted molar refractivity (Wildman–Crippen MR) is 195 cm³/mol. The Balaban J connectivity index is 0.00000387. The molecular weight excluding hydrogens is 688 g/mol. The Kier molecular flexibility index (Phi) is 8.46. The fourth-order valence-corrected chi connectivity index (χ4v) is 8.19. The molecule has 5 N–H and O–H groups in total. The number of nitrogens with one attached hydrogen (secondary N) is 4. The lowest BCUT2D eigenvalue weighted by molar-refractivity contribution is -0.121.